The van der Waals surface area contributed by atoms with Crippen LogP contribution in [-0.2, 0) is 6.54 Å². The molecule has 1 nitrogen and oxygen atoms in total. The molecule has 1 aromatic rings. The van der Waals surface area contributed by atoms with E-state index in [9.17, 15) is 0 Å². The maximum Gasteiger partial charge on any atom is 0.0208 e. The molecule has 0 radical (unpaired) electrons. The molecule has 0 saturated carbocycles. The van der Waals surface area contributed by atoms with Crippen molar-refractivity contribution in [2.24, 2.45) is 0 Å². The SMILES string of the molecule is CCC(C)NCc1cc(Br)cc(Br)c1. The molecule has 0 aliphatic rings. The smallest absolute Gasteiger partial charge is 0.0208 e. The van der Waals surface area contributed by atoms with Gasteiger partial charge in [-0.1, -0.05) is 38.8 Å². The van der Waals surface area contributed by atoms with Crippen molar-refractivity contribution in [3.05, 3.63) is 32.7 Å². The third-order valence-electron chi connectivity index (χ3n) is 2.19. The van der Waals surface area contributed by atoms with Crippen LogP contribution in [0, 0.1) is 0 Å². The molecule has 0 bridgehead atoms. The van der Waals surface area contributed by atoms with E-state index >= 15 is 0 Å². The first kappa shape index (κ1) is 12.2. The maximum absolute atomic E-state index is 3.48. The average Bonchev–Trinajstić information content (AvgIpc) is 2.12. The molecule has 0 aromatic heterocycles. The van der Waals surface area contributed by atoms with Crippen LogP contribution in [0.4, 0.5) is 0 Å². The van der Waals surface area contributed by atoms with Crippen LogP contribution in [0.2, 0.25) is 0 Å². The molecule has 0 spiro atoms. The highest BCUT2D eigenvalue weighted by atomic mass is 79.9. The van der Waals surface area contributed by atoms with Gasteiger partial charge >= 0.3 is 0 Å². The fourth-order valence-electron chi connectivity index (χ4n) is 1.15. The van der Waals surface area contributed by atoms with Gasteiger partial charge in [-0.05, 0) is 37.1 Å². The van der Waals surface area contributed by atoms with Crippen molar-refractivity contribution < 1.29 is 0 Å². The Morgan fingerprint density at radius 2 is 1.79 bits per heavy atom. The quantitative estimate of drug-likeness (QED) is 0.880. The normalized spacial score (nSPS) is 12.9. The third kappa shape index (κ3) is 4.11. The Hall–Kier alpha value is 0.140. The summed E-state index contributed by atoms with van der Waals surface area (Å²) in [7, 11) is 0. The highest BCUT2D eigenvalue weighted by Crippen LogP contribution is 2.20. The molecular weight excluding hydrogens is 306 g/mol. The molecule has 0 aliphatic heterocycles. The number of hydrogen-bond donors (Lipinski definition) is 1. The lowest BCUT2D eigenvalue weighted by Gasteiger charge is -2.11. The van der Waals surface area contributed by atoms with Gasteiger partial charge in [0, 0.05) is 21.5 Å². The Bertz CT molecular complexity index is 279. The molecule has 0 amide bonds. The van der Waals surface area contributed by atoms with E-state index in [1.54, 1.807) is 0 Å². The van der Waals surface area contributed by atoms with Gasteiger partial charge in [-0.15, -0.1) is 0 Å². The number of rotatable bonds is 4. The van der Waals surface area contributed by atoms with E-state index in [1.165, 1.54) is 5.56 Å². The molecule has 1 aromatic carbocycles. The predicted octanol–water partition coefficient (Wildman–Crippen LogP) is 4.10. The zero-order valence-corrected chi connectivity index (χ0v) is 11.7. The van der Waals surface area contributed by atoms with Gasteiger partial charge in [0.15, 0.2) is 0 Å². The van der Waals surface area contributed by atoms with Crippen molar-refractivity contribution in [1.29, 1.82) is 0 Å². The van der Waals surface area contributed by atoms with Gasteiger partial charge in [0.2, 0.25) is 0 Å². The summed E-state index contributed by atoms with van der Waals surface area (Å²) < 4.78 is 2.24. The molecule has 0 fully saturated rings. The zero-order chi connectivity index (χ0) is 10.6. The van der Waals surface area contributed by atoms with Crippen LogP contribution in [0.5, 0.6) is 0 Å². The summed E-state index contributed by atoms with van der Waals surface area (Å²) in [5.74, 6) is 0. The molecule has 3 heteroatoms. The summed E-state index contributed by atoms with van der Waals surface area (Å²) in [5, 5.41) is 3.46. The average molecular weight is 321 g/mol. The molecule has 0 aliphatic carbocycles. The van der Waals surface area contributed by atoms with E-state index in [4.69, 9.17) is 0 Å². The molecule has 78 valence electrons. The van der Waals surface area contributed by atoms with Gasteiger partial charge in [0.1, 0.15) is 0 Å². The van der Waals surface area contributed by atoms with Gasteiger partial charge < -0.3 is 5.32 Å². The number of benzene rings is 1. The highest BCUT2D eigenvalue weighted by molar-refractivity contribution is 9.11. The zero-order valence-electron chi connectivity index (χ0n) is 8.48. The molecule has 0 heterocycles. The van der Waals surface area contributed by atoms with E-state index < -0.39 is 0 Å². The lowest BCUT2D eigenvalue weighted by Crippen LogP contribution is -2.24. The highest BCUT2D eigenvalue weighted by Gasteiger charge is 2.00. The summed E-state index contributed by atoms with van der Waals surface area (Å²) in [5.41, 5.74) is 1.30. The lowest BCUT2D eigenvalue weighted by molar-refractivity contribution is 0.534. The minimum Gasteiger partial charge on any atom is -0.310 e. The summed E-state index contributed by atoms with van der Waals surface area (Å²) in [4.78, 5) is 0. The molecule has 14 heavy (non-hydrogen) atoms. The van der Waals surface area contributed by atoms with Crippen LogP contribution in [0.3, 0.4) is 0 Å². The minimum atomic E-state index is 0.577. The van der Waals surface area contributed by atoms with Crippen LogP contribution >= 0.6 is 31.9 Å². The van der Waals surface area contributed by atoms with Crippen molar-refractivity contribution in [2.45, 2.75) is 32.9 Å². The first-order valence-electron chi connectivity index (χ1n) is 4.80. The summed E-state index contributed by atoms with van der Waals surface area (Å²) in [6.07, 6.45) is 1.16. The Balaban J connectivity index is 2.58. The van der Waals surface area contributed by atoms with Crippen molar-refractivity contribution in [3.8, 4) is 0 Å². The first-order chi connectivity index (χ1) is 6.61. The molecular formula is C11H15Br2N. The summed E-state index contributed by atoms with van der Waals surface area (Å²) in [6.45, 7) is 5.31. The number of hydrogen-bond acceptors (Lipinski definition) is 1. The minimum absolute atomic E-state index is 0.577. The van der Waals surface area contributed by atoms with Crippen molar-refractivity contribution >= 4 is 31.9 Å². The first-order valence-corrected chi connectivity index (χ1v) is 6.38. The number of halogens is 2. The van der Waals surface area contributed by atoms with Crippen molar-refractivity contribution in [2.75, 3.05) is 0 Å². The summed E-state index contributed by atoms with van der Waals surface area (Å²) >= 11 is 6.96. The fourth-order valence-corrected chi connectivity index (χ4v) is 2.54. The van der Waals surface area contributed by atoms with Crippen LogP contribution in [0.25, 0.3) is 0 Å². The molecule has 1 rings (SSSR count). The Morgan fingerprint density at radius 1 is 1.21 bits per heavy atom. The van der Waals surface area contributed by atoms with E-state index in [-0.39, 0.29) is 0 Å². The van der Waals surface area contributed by atoms with E-state index in [0.29, 0.717) is 6.04 Å². The predicted molar refractivity (Wildman–Crippen MR) is 68.4 cm³/mol. The molecule has 0 saturated heterocycles. The van der Waals surface area contributed by atoms with E-state index in [1.807, 2.05) is 6.07 Å². The standard InChI is InChI=1S/C11H15Br2N/c1-3-8(2)14-7-9-4-10(12)6-11(13)5-9/h4-6,8,14H,3,7H2,1-2H3. The topological polar surface area (TPSA) is 12.0 Å². The molecule has 1 N–H and O–H groups in total. The van der Waals surface area contributed by atoms with Crippen LogP contribution in [0.1, 0.15) is 25.8 Å². The monoisotopic (exact) mass is 319 g/mol. The maximum atomic E-state index is 3.48. The van der Waals surface area contributed by atoms with Crippen LogP contribution in [-0.4, -0.2) is 6.04 Å². The van der Waals surface area contributed by atoms with E-state index in [0.717, 1.165) is 21.9 Å². The van der Waals surface area contributed by atoms with E-state index in [2.05, 4.69) is 63.2 Å². The van der Waals surface area contributed by atoms with Crippen molar-refractivity contribution in [1.82, 2.24) is 5.32 Å². The fraction of sp³-hybridized carbons (Fsp3) is 0.455. The van der Waals surface area contributed by atoms with Gasteiger partial charge in [-0.2, -0.15) is 0 Å². The second-order valence-electron chi connectivity index (χ2n) is 3.47. The van der Waals surface area contributed by atoms with Gasteiger partial charge in [0.25, 0.3) is 0 Å². The second-order valence-corrected chi connectivity index (χ2v) is 5.30. The Kier molecular flexibility index (Phi) is 5.13. The number of nitrogens with one attached hydrogen (secondary N) is 1. The second kappa shape index (κ2) is 5.89. The van der Waals surface area contributed by atoms with Crippen molar-refractivity contribution in [3.63, 3.8) is 0 Å². The van der Waals surface area contributed by atoms with Gasteiger partial charge in [-0.25, -0.2) is 0 Å². The Labute approximate surface area is 103 Å². The molecule has 1 atom stereocenters. The van der Waals surface area contributed by atoms with Crippen LogP contribution in [0.15, 0.2) is 27.1 Å². The van der Waals surface area contributed by atoms with Gasteiger partial charge in [-0.3, -0.25) is 0 Å². The van der Waals surface area contributed by atoms with Crippen LogP contribution < -0.4 is 5.32 Å². The largest absolute Gasteiger partial charge is 0.310 e. The summed E-state index contributed by atoms with van der Waals surface area (Å²) in [6, 6.07) is 6.90. The molecule has 1 unspecified atom stereocenters. The Morgan fingerprint density at radius 3 is 2.29 bits per heavy atom. The lowest BCUT2D eigenvalue weighted by atomic mass is 10.2. The van der Waals surface area contributed by atoms with Gasteiger partial charge in [0.05, 0.1) is 0 Å². The third-order valence-corrected chi connectivity index (χ3v) is 3.11.